The normalized spacial score (nSPS) is 17.9. The van der Waals surface area contributed by atoms with Crippen molar-refractivity contribution in [2.24, 2.45) is 0 Å². The van der Waals surface area contributed by atoms with E-state index >= 15 is 0 Å². The van der Waals surface area contributed by atoms with Crippen LogP contribution in [-0.4, -0.2) is 15.3 Å². The zero-order valence-corrected chi connectivity index (χ0v) is 10.2. The van der Waals surface area contributed by atoms with Gasteiger partial charge in [-0.2, -0.15) is 0 Å². The van der Waals surface area contributed by atoms with Crippen LogP contribution in [0, 0.1) is 0 Å². The minimum absolute atomic E-state index is 0.0723. The van der Waals surface area contributed by atoms with E-state index < -0.39 is 0 Å². The van der Waals surface area contributed by atoms with Crippen LogP contribution in [0.3, 0.4) is 0 Å². The van der Waals surface area contributed by atoms with Crippen molar-refractivity contribution in [1.82, 2.24) is 5.32 Å². The Morgan fingerprint density at radius 1 is 1.50 bits per heavy atom. The molecule has 0 aliphatic carbocycles. The average molecular weight is 272 g/mol. The number of thioether (sulfide) groups is 1. The quantitative estimate of drug-likeness (QED) is 0.609. The summed E-state index contributed by atoms with van der Waals surface area (Å²) in [5.74, 6) is -0.183. The van der Waals surface area contributed by atoms with E-state index in [2.05, 4.69) is 5.32 Å². The lowest BCUT2D eigenvalue weighted by molar-refractivity contribution is -0.115. The molecule has 0 spiro atoms. The van der Waals surface area contributed by atoms with Gasteiger partial charge in [0.05, 0.1) is 4.91 Å². The summed E-state index contributed by atoms with van der Waals surface area (Å²) in [6, 6.07) is 4.63. The Bertz CT molecular complexity index is 514. The molecule has 1 saturated heterocycles. The van der Waals surface area contributed by atoms with Crippen molar-refractivity contribution in [2.75, 3.05) is 0 Å². The molecule has 3 nitrogen and oxygen atoms in total. The van der Waals surface area contributed by atoms with Crippen molar-refractivity contribution in [2.45, 2.75) is 0 Å². The summed E-state index contributed by atoms with van der Waals surface area (Å²) in [6.07, 6.45) is 1.56. The maximum atomic E-state index is 11.4. The molecule has 1 aliphatic heterocycles. The van der Waals surface area contributed by atoms with Gasteiger partial charge in [-0.3, -0.25) is 4.79 Å². The van der Waals surface area contributed by atoms with Crippen LogP contribution in [0.2, 0.25) is 5.02 Å². The summed E-state index contributed by atoms with van der Waals surface area (Å²) in [4.78, 5) is 11.8. The number of benzene rings is 1. The molecule has 0 saturated carbocycles. The van der Waals surface area contributed by atoms with Crippen LogP contribution >= 0.6 is 35.6 Å². The molecule has 16 heavy (non-hydrogen) atoms. The zero-order valence-electron chi connectivity index (χ0n) is 7.86. The number of hydrogen-bond donors (Lipinski definition) is 2. The van der Waals surface area contributed by atoms with E-state index in [1.54, 1.807) is 18.2 Å². The number of carbonyl (C=O) groups is 1. The third-order valence-electron chi connectivity index (χ3n) is 1.92. The number of hydrogen-bond acceptors (Lipinski definition) is 4. The van der Waals surface area contributed by atoms with Crippen molar-refractivity contribution in [3.63, 3.8) is 0 Å². The number of aromatic hydroxyl groups is 1. The molecule has 82 valence electrons. The smallest absolute Gasteiger partial charge is 0.263 e. The maximum Gasteiger partial charge on any atom is 0.263 e. The molecule has 1 heterocycles. The molecule has 1 aromatic rings. The van der Waals surface area contributed by atoms with E-state index in [0.29, 0.717) is 19.8 Å². The van der Waals surface area contributed by atoms with Gasteiger partial charge in [-0.25, -0.2) is 0 Å². The molecular weight excluding hydrogens is 266 g/mol. The number of phenolic OH excluding ortho intramolecular Hbond substituents is 1. The Hall–Kier alpha value is -1.04. The van der Waals surface area contributed by atoms with Crippen LogP contribution in [-0.2, 0) is 4.79 Å². The number of carbonyl (C=O) groups excluding carboxylic acids is 1. The van der Waals surface area contributed by atoms with Gasteiger partial charge in [0, 0.05) is 10.6 Å². The molecule has 6 heteroatoms. The monoisotopic (exact) mass is 271 g/mol. The molecule has 2 N–H and O–H groups in total. The third-order valence-corrected chi connectivity index (χ3v) is 3.32. The lowest BCUT2D eigenvalue weighted by Gasteiger charge is -2.00. The van der Waals surface area contributed by atoms with Gasteiger partial charge < -0.3 is 10.4 Å². The lowest BCUT2D eigenvalue weighted by Crippen LogP contribution is -2.17. The number of amides is 1. The standard InChI is InChI=1S/C10H6ClNO2S2/c11-6-1-2-7(13)5(3-6)4-8-9(14)12-10(15)16-8/h1-4,13H,(H,12,14,15)/b8-4-. The molecule has 0 aromatic heterocycles. The largest absolute Gasteiger partial charge is 0.507 e. The molecule has 1 fully saturated rings. The van der Waals surface area contributed by atoms with Crippen LogP contribution in [0.25, 0.3) is 6.08 Å². The topological polar surface area (TPSA) is 49.3 Å². The highest BCUT2D eigenvalue weighted by molar-refractivity contribution is 8.26. The fourth-order valence-corrected chi connectivity index (χ4v) is 2.42. The van der Waals surface area contributed by atoms with Crippen molar-refractivity contribution < 1.29 is 9.90 Å². The molecule has 2 rings (SSSR count). The van der Waals surface area contributed by atoms with Gasteiger partial charge in [0.25, 0.3) is 5.91 Å². The second-order valence-electron chi connectivity index (χ2n) is 3.06. The predicted molar refractivity (Wildman–Crippen MR) is 69.4 cm³/mol. The number of nitrogens with one attached hydrogen (secondary N) is 1. The Morgan fingerprint density at radius 2 is 2.25 bits per heavy atom. The summed E-state index contributed by atoms with van der Waals surface area (Å²) >= 11 is 11.8. The van der Waals surface area contributed by atoms with Gasteiger partial charge in [-0.15, -0.1) is 0 Å². The molecule has 1 aromatic carbocycles. The second kappa shape index (κ2) is 4.45. The zero-order chi connectivity index (χ0) is 11.7. The summed E-state index contributed by atoms with van der Waals surface area (Å²) in [5, 5.41) is 12.6. The van der Waals surface area contributed by atoms with Crippen LogP contribution < -0.4 is 5.32 Å². The Labute approximate surface area is 106 Å². The summed E-state index contributed by atoms with van der Waals surface area (Å²) in [7, 11) is 0. The first kappa shape index (κ1) is 11.4. The van der Waals surface area contributed by atoms with Crippen LogP contribution in [0.5, 0.6) is 5.75 Å². The van der Waals surface area contributed by atoms with Crippen molar-refractivity contribution in [1.29, 1.82) is 0 Å². The lowest BCUT2D eigenvalue weighted by atomic mass is 10.2. The predicted octanol–water partition coefficient (Wildman–Crippen LogP) is 2.53. The highest BCUT2D eigenvalue weighted by atomic mass is 35.5. The average Bonchev–Trinajstić information content (AvgIpc) is 2.51. The van der Waals surface area contributed by atoms with Crippen molar-refractivity contribution in [3.8, 4) is 5.75 Å². The molecule has 1 amide bonds. The highest BCUT2D eigenvalue weighted by Crippen LogP contribution is 2.30. The van der Waals surface area contributed by atoms with E-state index in [4.69, 9.17) is 23.8 Å². The van der Waals surface area contributed by atoms with Crippen LogP contribution in [0.1, 0.15) is 5.56 Å². The van der Waals surface area contributed by atoms with E-state index in [1.165, 1.54) is 6.07 Å². The van der Waals surface area contributed by atoms with Gasteiger partial charge in [0.1, 0.15) is 10.1 Å². The Kier molecular flexibility index (Phi) is 3.18. The molecule has 0 atom stereocenters. The van der Waals surface area contributed by atoms with Gasteiger partial charge in [-0.1, -0.05) is 35.6 Å². The maximum absolute atomic E-state index is 11.4. The van der Waals surface area contributed by atoms with Crippen molar-refractivity contribution >= 4 is 51.9 Å². The minimum atomic E-state index is -0.255. The molecule has 0 unspecified atom stereocenters. The molecule has 0 radical (unpaired) electrons. The van der Waals surface area contributed by atoms with Gasteiger partial charge >= 0.3 is 0 Å². The van der Waals surface area contributed by atoms with Gasteiger partial charge in [-0.05, 0) is 24.3 Å². The SMILES string of the molecule is O=C1NC(=S)S/C1=C\c1cc(Cl)ccc1O. The first-order valence-corrected chi connectivity index (χ1v) is 5.90. The molecule has 1 aliphatic rings. The fourth-order valence-electron chi connectivity index (χ4n) is 1.20. The van der Waals surface area contributed by atoms with Crippen LogP contribution in [0.4, 0.5) is 0 Å². The van der Waals surface area contributed by atoms with E-state index in [-0.39, 0.29) is 11.7 Å². The second-order valence-corrected chi connectivity index (χ2v) is 5.21. The highest BCUT2D eigenvalue weighted by Gasteiger charge is 2.22. The number of halogens is 1. The van der Waals surface area contributed by atoms with Crippen LogP contribution in [0.15, 0.2) is 23.1 Å². The number of phenols is 1. The van der Waals surface area contributed by atoms with E-state index in [1.807, 2.05) is 0 Å². The van der Waals surface area contributed by atoms with E-state index in [9.17, 15) is 9.90 Å². The summed E-state index contributed by atoms with van der Waals surface area (Å²) in [5.41, 5.74) is 0.495. The Balaban J connectivity index is 2.39. The first-order valence-electron chi connectivity index (χ1n) is 4.29. The van der Waals surface area contributed by atoms with E-state index in [0.717, 1.165) is 11.8 Å². The first-order chi connectivity index (χ1) is 7.56. The molecule has 0 bridgehead atoms. The summed E-state index contributed by atoms with van der Waals surface area (Å²) in [6.45, 7) is 0. The van der Waals surface area contributed by atoms with Crippen molar-refractivity contribution in [3.05, 3.63) is 33.7 Å². The Morgan fingerprint density at radius 3 is 2.88 bits per heavy atom. The number of rotatable bonds is 1. The minimum Gasteiger partial charge on any atom is -0.507 e. The molecular formula is C10H6ClNO2S2. The van der Waals surface area contributed by atoms with Gasteiger partial charge in [0.2, 0.25) is 0 Å². The number of thiocarbonyl (C=S) groups is 1. The van der Waals surface area contributed by atoms with Gasteiger partial charge in [0.15, 0.2) is 0 Å². The summed E-state index contributed by atoms with van der Waals surface area (Å²) < 4.78 is 0.415. The third kappa shape index (κ3) is 2.37. The fraction of sp³-hybridized carbons (Fsp3) is 0.